The highest BCUT2D eigenvalue weighted by atomic mass is 16.6. The quantitative estimate of drug-likeness (QED) is 0.516. The third kappa shape index (κ3) is 2.33. The number of rotatable bonds is 3. The van der Waals surface area contributed by atoms with Crippen molar-refractivity contribution in [1.29, 1.82) is 0 Å². The van der Waals surface area contributed by atoms with Gasteiger partial charge in [-0.1, -0.05) is 24.3 Å². The van der Waals surface area contributed by atoms with Gasteiger partial charge < -0.3 is 10.1 Å². The van der Waals surface area contributed by atoms with Crippen molar-refractivity contribution in [2.45, 2.75) is 18.4 Å². The molecule has 2 aromatic rings. The summed E-state index contributed by atoms with van der Waals surface area (Å²) in [4.78, 5) is 10.8. The number of nitro groups is 1. The van der Waals surface area contributed by atoms with Gasteiger partial charge in [-0.2, -0.15) is 0 Å². The molecule has 1 heterocycles. The van der Waals surface area contributed by atoms with Crippen molar-refractivity contribution in [2.24, 2.45) is 5.92 Å². The minimum Gasteiger partial charge on any atom is -0.497 e. The third-order valence-electron chi connectivity index (χ3n) is 5.03. The van der Waals surface area contributed by atoms with Gasteiger partial charge in [0.2, 0.25) is 0 Å². The van der Waals surface area contributed by atoms with Gasteiger partial charge in [0, 0.05) is 23.7 Å². The number of methoxy groups -OCH3 is 1. The van der Waals surface area contributed by atoms with Crippen LogP contribution in [-0.2, 0) is 0 Å². The fourth-order valence-electron chi connectivity index (χ4n) is 3.84. The largest absolute Gasteiger partial charge is 0.497 e. The molecule has 0 spiro atoms. The highest BCUT2D eigenvalue weighted by Gasteiger charge is 2.38. The fourth-order valence-corrected chi connectivity index (χ4v) is 3.84. The zero-order chi connectivity index (χ0) is 16.7. The van der Waals surface area contributed by atoms with Crippen molar-refractivity contribution in [3.63, 3.8) is 0 Å². The van der Waals surface area contributed by atoms with Crippen molar-refractivity contribution in [1.82, 2.24) is 0 Å². The van der Waals surface area contributed by atoms with E-state index in [1.165, 1.54) is 5.56 Å². The highest BCUT2D eigenvalue weighted by Crippen LogP contribution is 2.50. The van der Waals surface area contributed by atoms with Crippen molar-refractivity contribution < 1.29 is 9.66 Å². The first kappa shape index (κ1) is 14.8. The van der Waals surface area contributed by atoms with Crippen LogP contribution in [0, 0.1) is 16.0 Å². The number of allylic oxidation sites excluding steroid dienone is 2. The highest BCUT2D eigenvalue weighted by molar-refractivity contribution is 5.63. The van der Waals surface area contributed by atoms with E-state index in [0.717, 1.165) is 23.4 Å². The minimum atomic E-state index is -0.330. The van der Waals surface area contributed by atoms with Crippen LogP contribution in [0.5, 0.6) is 5.75 Å². The molecule has 0 unspecified atom stereocenters. The SMILES string of the molecule is COc1ccc([C@H]2Nc3ccc([N+](=O)[O-])cc3[C@H]3C=CC[C@@H]32)cc1. The molecular weight excluding hydrogens is 304 g/mol. The molecule has 0 saturated heterocycles. The average Bonchev–Trinajstić information content (AvgIpc) is 3.10. The Morgan fingerprint density at radius 1 is 1.21 bits per heavy atom. The maximum absolute atomic E-state index is 11.1. The number of nitrogens with zero attached hydrogens (tertiary/aromatic N) is 1. The second kappa shape index (κ2) is 5.67. The maximum atomic E-state index is 11.1. The van der Waals surface area contributed by atoms with Gasteiger partial charge in [-0.05, 0) is 41.7 Å². The van der Waals surface area contributed by atoms with Crippen LogP contribution in [0.25, 0.3) is 0 Å². The molecule has 122 valence electrons. The monoisotopic (exact) mass is 322 g/mol. The van der Waals surface area contributed by atoms with E-state index in [2.05, 4.69) is 29.6 Å². The summed E-state index contributed by atoms with van der Waals surface area (Å²) in [6.07, 6.45) is 5.34. The molecule has 5 nitrogen and oxygen atoms in total. The molecule has 2 aliphatic rings. The Balaban J connectivity index is 1.73. The van der Waals surface area contributed by atoms with Gasteiger partial charge in [0.15, 0.2) is 0 Å². The van der Waals surface area contributed by atoms with E-state index in [4.69, 9.17) is 4.74 Å². The molecule has 1 aliphatic heterocycles. The molecule has 0 radical (unpaired) electrons. The summed E-state index contributed by atoms with van der Waals surface area (Å²) in [5.41, 5.74) is 3.36. The van der Waals surface area contributed by atoms with Gasteiger partial charge >= 0.3 is 0 Å². The second-order valence-corrected chi connectivity index (χ2v) is 6.28. The lowest BCUT2D eigenvalue weighted by Gasteiger charge is -2.37. The lowest BCUT2D eigenvalue weighted by molar-refractivity contribution is -0.384. The van der Waals surface area contributed by atoms with Gasteiger partial charge in [0.05, 0.1) is 18.1 Å². The molecule has 2 aromatic carbocycles. The second-order valence-electron chi connectivity index (χ2n) is 6.28. The number of fused-ring (bicyclic) bond motifs is 3. The van der Waals surface area contributed by atoms with E-state index in [9.17, 15) is 10.1 Å². The van der Waals surface area contributed by atoms with Crippen LogP contribution in [0.1, 0.15) is 29.5 Å². The van der Waals surface area contributed by atoms with Crippen LogP contribution in [0.2, 0.25) is 0 Å². The van der Waals surface area contributed by atoms with Crippen LogP contribution < -0.4 is 10.1 Å². The number of ether oxygens (including phenoxy) is 1. The van der Waals surface area contributed by atoms with Crippen molar-refractivity contribution in [3.05, 3.63) is 75.9 Å². The number of benzene rings is 2. The first-order chi connectivity index (χ1) is 11.7. The summed E-state index contributed by atoms with van der Waals surface area (Å²) in [6, 6.07) is 13.4. The fraction of sp³-hybridized carbons (Fsp3) is 0.263. The Kier molecular flexibility index (Phi) is 3.49. The normalized spacial score (nSPS) is 24.0. The molecule has 5 heteroatoms. The summed E-state index contributed by atoms with van der Waals surface area (Å²) < 4.78 is 5.24. The van der Waals surface area contributed by atoms with Gasteiger partial charge in [-0.3, -0.25) is 10.1 Å². The number of hydrogen-bond donors (Lipinski definition) is 1. The Morgan fingerprint density at radius 2 is 2.00 bits per heavy atom. The summed E-state index contributed by atoms with van der Waals surface area (Å²) in [7, 11) is 1.66. The smallest absolute Gasteiger partial charge is 0.269 e. The van der Waals surface area contributed by atoms with Crippen LogP contribution in [0.15, 0.2) is 54.6 Å². The Hall–Kier alpha value is -2.82. The first-order valence-corrected chi connectivity index (χ1v) is 8.03. The van der Waals surface area contributed by atoms with Crippen LogP contribution in [-0.4, -0.2) is 12.0 Å². The summed E-state index contributed by atoms with van der Waals surface area (Å²) >= 11 is 0. The molecule has 0 saturated carbocycles. The molecular formula is C19H18N2O3. The summed E-state index contributed by atoms with van der Waals surface area (Å²) in [5.74, 6) is 1.42. The zero-order valence-electron chi connectivity index (χ0n) is 13.3. The van der Waals surface area contributed by atoms with Crippen molar-refractivity contribution in [3.8, 4) is 5.75 Å². The van der Waals surface area contributed by atoms with E-state index in [1.807, 2.05) is 18.2 Å². The topological polar surface area (TPSA) is 64.4 Å². The van der Waals surface area contributed by atoms with Gasteiger partial charge in [0.1, 0.15) is 5.75 Å². The van der Waals surface area contributed by atoms with E-state index in [0.29, 0.717) is 5.92 Å². The van der Waals surface area contributed by atoms with E-state index >= 15 is 0 Å². The van der Waals surface area contributed by atoms with E-state index in [1.54, 1.807) is 19.2 Å². The van der Waals surface area contributed by atoms with E-state index < -0.39 is 0 Å². The van der Waals surface area contributed by atoms with Gasteiger partial charge in [-0.15, -0.1) is 0 Å². The lowest BCUT2D eigenvalue weighted by atomic mass is 9.77. The summed E-state index contributed by atoms with van der Waals surface area (Å²) in [6.45, 7) is 0. The molecule has 0 amide bonds. The molecule has 0 fully saturated rings. The molecule has 4 rings (SSSR count). The molecule has 1 aliphatic carbocycles. The molecule has 3 atom stereocenters. The molecule has 24 heavy (non-hydrogen) atoms. The zero-order valence-corrected chi connectivity index (χ0v) is 13.3. The maximum Gasteiger partial charge on any atom is 0.269 e. The number of anilines is 1. The van der Waals surface area contributed by atoms with Crippen LogP contribution >= 0.6 is 0 Å². The van der Waals surface area contributed by atoms with Gasteiger partial charge in [-0.25, -0.2) is 0 Å². The minimum absolute atomic E-state index is 0.150. The van der Waals surface area contributed by atoms with Crippen molar-refractivity contribution >= 4 is 11.4 Å². The van der Waals surface area contributed by atoms with E-state index in [-0.39, 0.29) is 22.6 Å². The van der Waals surface area contributed by atoms with Gasteiger partial charge in [0.25, 0.3) is 5.69 Å². The number of hydrogen-bond acceptors (Lipinski definition) is 4. The molecule has 0 bridgehead atoms. The first-order valence-electron chi connectivity index (χ1n) is 8.03. The predicted molar refractivity (Wildman–Crippen MR) is 92.4 cm³/mol. The predicted octanol–water partition coefficient (Wildman–Crippen LogP) is 4.43. The summed E-state index contributed by atoms with van der Waals surface area (Å²) in [5, 5.41) is 14.7. The Morgan fingerprint density at radius 3 is 2.71 bits per heavy atom. The number of nitro benzene ring substituents is 1. The number of nitrogens with one attached hydrogen (secondary N) is 1. The Labute approximate surface area is 140 Å². The standard InChI is InChI=1S/C19H18N2O3/c1-24-14-8-5-12(6-9-14)19-16-4-2-3-15(16)17-11-13(21(22)23)7-10-18(17)20-19/h2-3,5-11,15-16,19-20H,4H2,1H3/t15-,16-,19+/m0/s1. The molecule has 0 aromatic heterocycles. The lowest BCUT2D eigenvalue weighted by Crippen LogP contribution is -2.29. The molecule has 1 N–H and O–H groups in total. The number of non-ortho nitro benzene ring substituents is 1. The third-order valence-corrected chi connectivity index (χ3v) is 5.03. The van der Waals surface area contributed by atoms with Crippen LogP contribution in [0.3, 0.4) is 0 Å². The Bertz CT molecular complexity index is 814. The van der Waals surface area contributed by atoms with Crippen LogP contribution in [0.4, 0.5) is 11.4 Å². The van der Waals surface area contributed by atoms with Crippen molar-refractivity contribution in [2.75, 3.05) is 12.4 Å². The average molecular weight is 322 g/mol.